The lowest BCUT2D eigenvalue weighted by molar-refractivity contribution is 0.584. The zero-order chi connectivity index (χ0) is 14.0. The van der Waals surface area contributed by atoms with Crippen molar-refractivity contribution in [1.29, 1.82) is 0 Å². The summed E-state index contributed by atoms with van der Waals surface area (Å²) in [5.74, 6) is -0.375. The van der Waals surface area contributed by atoms with Crippen molar-refractivity contribution in [1.82, 2.24) is 5.32 Å². The molecule has 102 valence electrons. The monoisotopic (exact) mass is 425 g/mol. The number of hydrogen-bond acceptors (Lipinski definition) is 2. The van der Waals surface area contributed by atoms with E-state index in [9.17, 15) is 4.39 Å². The van der Waals surface area contributed by atoms with Crippen LogP contribution in [-0.2, 0) is 6.42 Å². The molecule has 1 unspecified atom stereocenters. The first-order chi connectivity index (χ1) is 9.02. The Morgan fingerprint density at radius 3 is 2.74 bits per heavy atom. The smallest absolute Gasteiger partial charge is 0.142 e. The summed E-state index contributed by atoms with van der Waals surface area (Å²) in [7, 11) is 1.88. The zero-order valence-corrected chi connectivity index (χ0v) is 14.8. The minimum atomic E-state index is -0.375. The molecule has 0 aliphatic rings. The molecule has 0 fully saturated rings. The second-order valence-corrected chi connectivity index (χ2v) is 8.17. The van der Waals surface area contributed by atoms with Gasteiger partial charge in [0.25, 0.3) is 0 Å². The third-order valence-electron chi connectivity index (χ3n) is 2.86. The van der Waals surface area contributed by atoms with Crippen molar-refractivity contribution in [2.24, 2.45) is 0 Å². The van der Waals surface area contributed by atoms with Crippen LogP contribution in [0, 0.1) is 5.82 Å². The highest BCUT2D eigenvalue weighted by molar-refractivity contribution is 9.12. The minimum absolute atomic E-state index is 0.0798. The van der Waals surface area contributed by atoms with Crippen LogP contribution in [0.1, 0.15) is 17.2 Å². The summed E-state index contributed by atoms with van der Waals surface area (Å²) in [6.07, 6.45) is 0.634. The predicted molar refractivity (Wildman–Crippen MR) is 86.6 cm³/mol. The van der Waals surface area contributed by atoms with Crippen LogP contribution in [0.2, 0.25) is 5.02 Å². The first-order valence-corrected chi connectivity index (χ1v) is 8.36. The van der Waals surface area contributed by atoms with E-state index in [0.29, 0.717) is 6.42 Å². The van der Waals surface area contributed by atoms with Crippen LogP contribution in [0.3, 0.4) is 0 Å². The van der Waals surface area contributed by atoms with Gasteiger partial charge in [-0.05, 0) is 68.6 Å². The molecule has 1 atom stereocenters. The van der Waals surface area contributed by atoms with Gasteiger partial charge in [0.1, 0.15) is 5.82 Å². The van der Waals surface area contributed by atoms with Crippen LogP contribution >= 0.6 is 54.8 Å². The number of halogens is 4. The SMILES string of the molecule is CNC(Cc1cccc(F)c1Cl)c1cc(Br)sc1Br. The van der Waals surface area contributed by atoms with Crippen LogP contribution < -0.4 is 5.32 Å². The molecule has 0 saturated carbocycles. The summed E-state index contributed by atoms with van der Waals surface area (Å²) >= 11 is 14.6. The summed E-state index contributed by atoms with van der Waals surface area (Å²) in [4.78, 5) is 0. The highest BCUT2D eigenvalue weighted by Gasteiger charge is 2.18. The Morgan fingerprint density at radius 2 is 2.16 bits per heavy atom. The van der Waals surface area contributed by atoms with Crippen molar-refractivity contribution in [2.75, 3.05) is 7.05 Å². The van der Waals surface area contributed by atoms with Crippen molar-refractivity contribution in [2.45, 2.75) is 12.5 Å². The van der Waals surface area contributed by atoms with Gasteiger partial charge >= 0.3 is 0 Å². The number of thiophene rings is 1. The summed E-state index contributed by atoms with van der Waals surface area (Å²) in [6.45, 7) is 0. The number of benzene rings is 1. The molecule has 0 saturated heterocycles. The molecule has 2 rings (SSSR count). The quantitative estimate of drug-likeness (QED) is 0.673. The number of likely N-dealkylation sites (N-methyl/N-ethyl adjacent to an activating group) is 1. The van der Waals surface area contributed by atoms with Crippen molar-refractivity contribution >= 4 is 54.8 Å². The van der Waals surface area contributed by atoms with Gasteiger partial charge in [-0.3, -0.25) is 0 Å². The largest absolute Gasteiger partial charge is 0.313 e. The minimum Gasteiger partial charge on any atom is -0.313 e. The third kappa shape index (κ3) is 3.58. The maximum atomic E-state index is 13.5. The number of nitrogens with one attached hydrogen (secondary N) is 1. The first-order valence-electron chi connectivity index (χ1n) is 5.57. The maximum absolute atomic E-state index is 13.5. The van der Waals surface area contributed by atoms with Crippen LogP contribution in [0.25, 0.3) is 0 Å². The van der Waals surface area contributed by atoms with Gasteiger partial charge in [0.05, 0.1) is 12.6 Å². The van der Waals surface area contributed by atoms with Crippen molar-refractivity contribution in [3.05, 3.63) is 53.8 Å². The molecule has 1 nitrogen and oxygen atoms in total. The highest BCUT2D eigenvalue weighted by Crippen LogP contribution is 2.37. The van der Waals surface area contributed by atoms with E-state index in [2.05, 4.69) is 43.2 Å². The topological polar surface area (TPSA) is 12.0 Å². The van der Waals surface area contributed by atoms with Crippen LogP contribution in [0.4, 0.5) is 4.39 Å². The molecule has 1 heterocycles. The lowest BCUT2D eigenvalue weighted by atomic mass is 10.0. The van der Waals surface area contributed by atoms with E-state index in [-0.39, 0.29) is 16.9 Å². The summed E-state index contributed by atoms with van der Waals surface area (Å²) < 4.78 is 15.6. The fourth-order valence-corrected chi connectivity index (χ4v) is 5.06. The van der Waals surface area contributed by atoms with Crippen molar-refractivity contribution in [3.63, 3.8) is 0 Å². The standard InChI is InChI=1S/C13H11Br2ClFNS/c1-18-10(8-6-11(14)19-13(8)15)5-7-3-2-4-9(17)12(7)16/h2-4,6,10,18H,5H2,1H3. The molecule has 1 aromatic heterocycles. The van der Waals surface area contributed by atoms with Gasteiger partial charge in [0.15, 0.2) is 0 Å². The molecule has 0 radical (unpaired) electrons. The van der Waals surface area contributed by atoms with Crippen molar-refractivity contribution < 1.29 is 4.39 Å². The number of hydrogen-bond donors (Lipinski definition) is 1. The van der Waals surface area contributed by atoms with E-state index in [0.717, 1.165) is 18.7 Å². The summed E-state index contributed by atoms with van der Waals surface area (Å²) in [6, 6.07) is 7.05. The Labute approximate surface area is 137 Å². The second kappa shape index (κ2) is 6.68. The summed E-state index contributed by atoms with van der Waals surface area (Å²) in [5.41, 5.74) is 1.94. The molecule has 0 aliphatic carbocycles. The van der Waals surface area contributed by atoms with E-state index >= 15 is 0 Å². The lowest BCUT2D eigenvalue weighted by Gasteiger charge is -2.17. The molecule has 1 N–H and O–H groups in total. The van der Waals surface area contributed by atoms with Gasteiger partial charge in [0.2, 0.25) is 0 Å². The van der Waals surface area contributed by atoms with Crippen molar-refractivity contribution in [3.8, 4) is 0 Å². The van der Waals surface area contributed by atoms with E-state index in [1.165, 1.54) is 6.07 Å². The Morgan fingerprint density at radius 1 is 1.42 bits per heavy atom. The highest BCUT2D eigenvalue weighted by atomic mass is 79.9. The first kappa shape index (κ1) is 15.4. The fourth-order valence-electron chi connectivity index (χ4n) is 1.88. The molecular formula is C13H11Br2ClFNS. The Bertz CT molecular complexity index is 588. The molecular weight excluding hydrogens is 416 g/mol. The van der Waals surface area contributed by atoms with Crippen LogP contribution in [0.15, 0.2) is 31.8 Å². The molecule has 2 aromatic rings. The Kier molecular flexibility index (Phi) is 5.43. The van der Waals surface area contributed by atoms with Crippen LogP contribution in [0.5, 0.6) is 0 Å². The lowest BCUT2D eigenvalue weighted by Crippen LogP contribution is -2.18. The van der Waals surface area contributed by atoms with Gasteiger partial charge < -0.3 is 5.32 Å². The molecule has 0 aliphatic heterocycles. The Balaban J connectivity index is 2.29. The molecule has 19 heavy (non-hydrogen) atoms. The number of rotatable bonds is 4. The van der Waals surface area contributed by atoms with Gasteiger partial charge in [-0.2, -0.15) is 0 Å². The third-order valence-corrected chi connectivity index (χ3v) is 5.67. The zero-order valence-electron chi connectivity index (χ0n) is 10.0. The van der Waals surface area contributed by atoms with Crippen LogP contribution in [-0.4, -0.2) is 7.05 Å². The second-order valence-electron chi connectivity index (χ2n) is 4.04. The molecule has 0 amide bonds. The normalized spacial score (nSPS) is 12.7. The fraction of sp³-hybridized carbons (Fsp3) is 0.231. The molecule has 1 aromatic carbocycles. The predicted octanol–water partition coefficient (Wildman–Crippen LogP) is 5.57. The average molecular weight is 428 g/mol. The average Bonchev–Trinajstić information content (AvgIpc) is 2.70. The maximum Gasteiger partial charge on any atom is 0.142 e. The van der Waals surface area contributed by atoms with Gasteiger partial charge in [-0.15, -0.1) is 11.3 Å². The van der Waals surface area contributed by atoms with Gasteiger partial charge in [-0.25, -0.2) is 4.39 Å². The summed E-state index contributed by atoms with van der Waals surface area (Å²) in [5, 5.41) is 3.44. The van der Waals surface area contributed by atoms with Gasteiger partial charge in [0, 0.05) is 6.04 Å². The van der Waals surface area contributed by atoms with E-state index in [1.807, 2.05) is 13.1 Å². The Hall–Kier alpha value is 0.0600. The molecule has 6 heteroatoms. The van der Waals surface area contributed by atoms with Gasteiger partial charge in [-0.1, -0.05) is 23.7 Å². The molecule has 0 bridgehead atoms. The van der Waals surface area contributed by atoms with E-state index in [4.69, 9.17) is 11.6 Å². The van der Waals surface area contributed by atoms with E-state index in [1.54, 1.807) is 17.4 Å². The molecule has 0 spiro atoms. The van der Waals surface area contributed by atoms with E-state index < -0.39 is 0 Å².